The van der Waals surface area contributed by atoms with Crippen molar-refractivity contribution in [1.29, 1.82) is 0 Å². The lowest BCUT2D eigenvalue weighted by Gasteiger charge is -2.39. The maximum absolute atomic E-state index is 6.37. The molecule has 1 aliphatic heterocycles. The fraction of sp³-hybridized carbons (Fsp3) is 0.571. The van der Waals surface area contributed by atoms with Crippen molar-refractivity contribution in [2.75, 3.05) is 6.61 Å². The van der Waals surface area contributed by atoms with Crippen molar-refractivity contribution >= 4 is 8.32 Å². The van der Waals surface area contributed by atoms with Gasteiger partial charge >= 0.3 is 0 Å². The van der Waals surface area contributed by atoms with Gasteiger partial charge in [-0.2, -0.15) is 0 Å². The summed E-state index contributed by atoms with van der Waals surface area (Å²) in [7, 11) is -1.75. The van der Waals surface area contributed by atoms with E-state index in [9.17, 15) is 0 Å². The third kappa shape index (κ3) is 2.97. The Morgan fingerprint density at radius 2 is 2.06 bits per heavy atom. The number of hydrogen-bond acceptors (Lipinski definition) is 2. The number of hydrogen-bond donors (Lipinski definition) is 1. The van der Waals surface area contributed by atoms with Gasteiger partial charge in [-0.05, 0) is 30.5 Å². The largest absolute Gasteiger partial charge is 0.415 e. The Kier molecular flexibility index (Phi) is 4.37. The van der Waals surface area contributed by atoms with Gasteiger partial charge in [-0.3, -0.25) is 0 Å². The van der Waals surface area contributed by atoms with Gasteiger partial charge in [-0.25, -0.2) is 0 Å². The molecule has 3 heteroatoms. The molecule has 2 nitrogen and oxygen atoms in total. The van der Waals surface area contributed by atoms with Crippen molar-refractivity contribution in [2.45, 2.75) is 43.9 Å². The highest BCUT2D eigenvalue weighted by Crippen LogP contribution is 2.28. The predicted octanol–water partition coefficient (Wildman–Crippen LogP) is 2.80. The Labute approximate surface area is 105 Å². The molecule has 1 fully saturated rings. The first-order valence-corrected chi connectivity index (χ1v) is 9.10. The molecule has 0 amide bonds. The van der Waals surface area contributed by atoms with E-state index in [0.29, 0.717) is 0 Å². The van der Waals surface area contributed by atoms with Crippen LogP contribution in [0.4, 0.5) is 0 Å². The van der Waals surface area contributed by atoms with Gasteiger partial charge in [0.2, 0.25) is 8.32 Å². The van der Waals surface area contributed by atoms with Gasteiger partial charge in [0.05, 0.1) is 0 Å². The average molecular weight is 249 g/mol. The highest BCUT2D eigenvalue weighted by atomic mass is 28.4. The molecule has 1 saturated heterocycles. The Morgan fingerprint density at radius 1 is 1.29 bits per heavy atom. The van der Waals surface area contributed by atoms with Gasteiger partial charge < -0.3 is 10.2 Å². The molecule has 2 rings (SSSR count). The van der Waals surface area contributed by atoms with Gasteiger partial charge in [0, 0.05) is 12.3 Å². The molecule has 0 radical (unpaired) electrons. The van der Waals surface area contributed by atoms with Crippen LogP contribution in [0, 0.1) is 0 Å². The molecule has 0 saturated carbocycles. The van der Waals surface area contributed by atoms with E-state index < -0.39 is 8.32 Å². The second-order valence-electron chi connectivity index (χ2n) is 5.05. The number of benzene rings is 1. The average Bonchev–Trinajstić information content (AvgIpc) is 2.40. The first-order valence-electron chi connectivity index (χ1n) is 6.70. The van der Waals surface area contributed by atoms with E-state index in [1.165, 1.54) is 24.4 Å². The molecule has 1 aromatic rings. The molecule has 94 valence electrons. The third-order valence-corrected chi connectivity index (χ3v) is 8.59. The van der Waals surface area contributed by atoms with E-state index in [1.54, 1.807) is 0 Å². The lowest BCUT2D eigenvalue weighted by Crippen LogP contribution is -2.58. The van der Waals surface area contributed by atoms with Crippen molar-refractivity contribution < 1.29 is 4.43 Å². The van der Waals surface area contributed by atoms with Gasteiger partial charge in [0.25, 0.3) is 0 Å². The maximum atomic E-state index is 6.37. The topological polar surface area (TPSA) is 35.2 Å². The van der Waals surface area contributed by atoms with Gasteiger partial charge in [-0.1, -0.05) is 43.7 Å². The van der Waals surface area contributed by atoms with Crippen LogP contribution >= 0.6 is 0 Å². The molecule has 1 heterocycles. The fourth-order valence-corrected chi connectivity index (χ4v) is 7.09. The molecule has 2 unspecified atom stereocenters. The maximum Gasteiger partial charge on any atom is 0.213 e. The Hall–Kier alpha value is -0.643. The molecule has 2 atom stereocenters. The minimum Gasteiger partial charge on any atom is -0.415 e. The van der Waals surface area contributed by atoms with Gasteiger partial charge in [0.15, 0.2) is 0 Å². The van der Waals surface area contributed by atoms with Crippen molar-refractivity contribution in [3.63, 3.8) is 0 Å². The van der Waals surface area contributed by atoms with Crippen LogP contribution < -0.4 is 5.73 Å². The van der Waals surface area contributed by atoms with Crippen LogP contribution in [0.2, 0.25) is 6.04 Å². The summed E-state index contributed by atoms with van der Waals surface area (Å²) in [6, 6.07) is 13.0. The van der Waals surface area contributed by atoms with E-state index in [-0.39, 0.29) is 5.67 Å². The van der Waals surface area contributed by atoms with Crippen LogP contribution in [0.25, 0.3) is 0 Å². The molecule has 0 aliphatic carbocycles. The SMILES string of the molecule is CCC(N)[Si]1(Cc2ccccc2)CCCCO1. The van der Waals surface area contributed by atoms with Crippen molar-refractivity contribution in [1.82, 2.24) is 0 Å². The summed E-state index contributed by atoms with van der Waals surface area (Å²) >= 11 is 0. The first kappa shape index (κ1) is 12.8. The Morgan fingerprint density at radius 3 is 2.65 bits per heavy atom. The number of rotatable bonds is 4. The van der Waals surface area contributed by atoms with Crippen LogP contribution in [0.15, 0.2) is 30.3 Å². The van der Waals surface area contributed by atoms with E-state index in [2.05, 4.69) is 37.3 Å². The van der Waals surface area contributed by atoms with E-state index in [4.69, 9.17) is 10.2 Å². The summed E-state index contributed by atoms with van der Waals surface area (Å²) in [4.78, 5) is 0. The normalized spacial score (nSPS) is 26.7. The monoisotopic (exact) mass is 249 g/mol. The molecule has 2 N–H and O–H groups in total. The molecule has 1 aromatic carbocycles. The van der Waals surface area contributed by atoms with Crippen LogP contribution in [0.1, 0.15) is 31.7 Å². The summed E-state index contributed by atoms with van der Waals surface area (Å²) in [6.07, 6.45) is 3.55. The highest BCUT2D eigenvalue weighted by Gasteiger charge is 2.41. The zero-order valence-electron chi connectivity index (χ0n) is 10.7. The smallest absolute Gasteiger partial charge is 0.213 e. The van der Waals surface area contributed by atoms with Crippen molar-refractivity contribution in [2.24, 2.45) is 5.73 Å². The van der Waals surface area contributed by atoms with Crippen molar-refractivity contribution in [3.05, 3.63) is 35.9 Å². The zero-order chi connectivity index (χ0) is 12.1. The minimum atomic E-state index is -1.75. The fourth-order valence-electron chi connectivity index (χ4n) is 2.75. The molecule has 0 bridgehead atoms. The third-order valence-electron chi connectivity index (χ3n) is 3.85. The van der Waals surface area contributed by atoms with Crippen LogP contribution in [0.5, 0.6) is 0 Å². The lowest BCUT2D eigenvalue weighted by molar-refractivity contribution is 0.256. The Bertz CT molecular complexity index is 335. The second kappa shape index (κ2) is 5.80. The molecular weight excluding hydrogens is 226 g/mol. The molecule has 0 spiro atoms. The highest BCUT2D eigenvalue weighted by molar-refractivity contribution is 6.75. The lowest BCUT2D eigenvalue weighted by atomic mass is 10.2. The van der Waals surface area contributed by atoms with Crippen LogP contribution in [-0.2, 0) is 10.5 Å². The summed E-state index contributed by atoms with van der Waals surface area (Å²) in [5.41, 5.74) is 8.04. The van der Waals surface area contributed by atoms with Crippen LogP contribution in [-0.4, -0.2) is 20.6 Å². The van der Waals surface area contributed by atoms with Gasteiger partial charge in [0.1, 0.15) is 0 Å². The standard InChI is InChI=1S/C14H23NOSi/c1-2-14(15)17(11-7-6-10-16-17)12-13-8-4-3-5-9-13/h3-5,8-9,14H,2,6-7,10-12,15H2,1H3. The Balaban J connectivity index is 2.15. The summed E-state index contributed by atoms with van der Waals surface area (Å²) < 4.78 is 6.24. The predicted molar refractivity (Wildman–Crippen MR) is 74.2 cm³/mol. The second-order valence-corrected chi connectivity index (χ2v) is 9.06. The summed E-state index contributed by atoms with van der Waals surface area (Å²) in [5, 5.41) is 0. The van der Waals surface area contributed by atoms with E-state index in [1.807, 2.05) is 0 Å². The molecule has 0 aromatic heterocycles. The molecular formula is C14H23NOSi. The summed E-state index contributed by atoms with van der Waals surface area (Å²) in [5.74, 6) is 0. The number of nitrogens with two attached hydrogens (primary N) is 1. The van der Waals surface area contributed by atoms with Crippen LogP contribution in [0.3, 0.4) is 0 Å². The van der Waals surface area contributed by atoms with E-state index >= 15 is 0 Å². The quantitative estimate of drug-likeness (QED) is 0.833. The minimum absolute atomic E-state index is 0.281. The van der Waals surface area contributed by atoms with Gasteiger partial charge in [-0.15, -0.1) is 0 Å². The van der Waals surface area contributed by atoms with E-state index in [0.717, 1.165) is 19.1 Å². The molecule has 17 heavy (non-hydrogen) atoms. The zero-order valence-corrected chi connectivity index (χ0v) is 11.7. The summed E-state index contributed by atoms with van der Waals surface area (Å²) in [6.45, 7) is 3.11. The molecule has 1 aliphatic rings. The first-order chi connectivity index (χ1) is 8.27. The van der Waals surface area contributed by atoms with Crippen molar-refractivity contribution in [3.8, 4) is 0 Å².